The topological polar surface area (TPSA) is 105 Å². The van der Waals surface area contributed by atoms with Crippen LogP contribution < -0.4 is 10.6 Å². The van der Waals surface area contributed by atoms with Crippen molar-refractivity contribution in [2.75, 3.05) is 66.5 Å². The van der Waals surface area contributed by atoms with Gasteiger partial charge in [-0.1, -0.05) is 0 Å². The molecule has 4 heterocycles. The average molecular weight is 599 g/mol. The number of rotatable bonds is 2. The molecule has 2 N–H and O–H groups in total. The van der Waals surface area contributed by atoms with E-state index in [0.29, 0.717) is 56.4 Å². The number of likely N-dealkylation sites (N-methyl/N-ethyl adjacent to an activating group) is 1. The molecule has 4 fully saturated rings. The third-order valence-electron chi connectivity index (χ3n) is 10.2. The van der Waals surface area contributed by atoms with Gasteiger partial charge in [-0.05, 0) is 101 Å². The number of hydrogen-bond donors (Lipinski definition) is 2. The summed E-state index contributed by atoms with van der Waals surface area (Å²) in [6, 6.07) is 6.04. The van der Waals surface area contributed by atoms with Crippen molar-refractivity contribution in [3.8, 4) is 0 Å². The highest BCUT2D eigenvalue weighted by molar-refractivity contribution is 5.94. The molecule has 11 heteroatoms. The molecule has 43 heavy (non-hydrogen) atoms. The third-order valence-corrected chi connectivity index (χ3v) is 10.2. The Morgan fingerprint density at radius 1 is 0.884 bits per heavy atom. The molecular formula is C32H47FN6O4. The zero-order valence-corrected chi connectivity index (χ0v) is 25.7. The van der Waals surface area contributed by atoms with E-state index in [4.69, 9.17) is 0 Å². The van der Waals surface area contributed by atoms with E-state index in [0.717, 1.165) is 51.9 Å². The Bertz CT molecular complexity index is 1160. The molecule has 0 bridgehead atoms. The Balaban J connectivity index is 1.24. The number of carbonyl (C=O) groups is 4. The van der Waals surface area contributed by atoms with Crippen molar-refractivity contribution in [2.45, 2.75) is 62.9 Å². The minimum Gasteiger partial charge on any atom is -0.356 e. The molecule has 1 aromatic carbocycles. The Hall–Kier alpha value is -3.05. The summed E-state index contributed by atoms with van der Waals surface area (Å²) in [5, 5.41) is 6.20. The number of carbonyl (C=O) groups excluding carboxylic acids is 4. The van der Waals surface area contributed by atoms with E-state index >= 15 is 0 Å². The molecule has 1 aromatic rings. The van der Waals surface area contributed by atoms with Gasteiger partial charge in [0, 0.05) is 57.7 Å². The molecule has 0 saturated carbocycles. The minimum absolute atomic E-state index is 0.0206. The van der Waals surface area contributed by atoms with Gasteiger partial charge in [-0.2, -0.15) is 0 Å². The van der Waals surface area contributed by atoms with E-state index in [1.165, 1.54) is 29.2 Å². The summed E-state index contributed by atoms with van der Waals surface area (Å²) in [7, 11) is 3.85. The van der Waals surface area contributed by atoms with Crippen LogP contribution in [0.3, 0.4) is 0 Å². The van der Waals surface area contributed by atoms with Crippen molar-refractivity contribution in [3.05, 3.63) is 35.6 Å². The first kappa shape index (κ1) is 31.4. The summed E-state index contributed by atoms with van der Waals surface area (Å²) in [4.78, 5) is 61.0. The predicted octanol–water partition coefficient (Wildman–Crippen LogP) is 1.71. The van der Waals surface area contributed by atoms with Gasteiger partial charge in [-0.15, -0.1) is 0 Å². The molecule has 0 unspecified atom stereocenters. The Morgan fingerprint density at radius 2 is 1.58 bits per heavy atom. The SMILES string of the molecule is CN1CCC(N2CC[C@H]3CC(=O)N(C)CC(=O)NC4(CCN(C(=O)c5ccc(F)cc5)CC4)CC(=O)NCC[C@H]3C2)CC1. The van der Waals surface area contributed by atoms with Crippen LogP contribution in [0.5, 0.6) is 0 Å². The quantitative estimate of drug-likeness (QED) is 0.537. The molecule has 10 nitrogen and oxygen atoms in total. The first-order chi connectivity index (χ1) is 20.6. The first-order valence-corrected chi connectivity index (χ1v) is 15.9. The lowest BCUT2D eigenvalue weighted by atomic mass is 9.79. The molecule has 0 aromatic heterocycles. The second-order valence-electron chi connectivity index (χ2n) is 13.2. The van der Waals surface area contributed by atoms with Crippen LogP contribution in [-0.2, 0) is 14.4 Å². The normalized spacial score (nSPS) is 27.3. The van der Waals surface area contributed by atoms with Gasteiger partial charge in [0.25, 0.3) is 5.91 Å². The number of benzene rings is 1. The second-order valence-corrected chi connectivity index (χ2v) is 13.2. The summed E-state index contributed by atoms with van der Waals surface area (Å²) < 4.78 is 13.3. The molecule has 1 spiro atoms. The third kappa shape index (κ3) is 7.92. The van der Waals surface area contributed by atoms with E-state index < -0.39 is 11.4 Å². The molecule has 5 rings (SSSR count). The molecule has 4 aliphatic heterocycles. The van der Waals surface area contributed by atoms with Gasteiger partial charge < -0.3 is 25.3 Å². The average Bonchev–Trinajstić information content (AvgIpc) is 2.98. The molecular weight excluding hydrogens is 551 g/mol. The zero-order chi connectivity index (χ0) is 30.6. The van der Waals surface area contributed by atoms with E-state index in [1.807, 2.05) is 0 Å². The molecule has 2 atom stereocenters. The summed E-state index contributed by atoms with van der Waals surface area (Å²) >= 11 is 0. The highest BCUT2D eigenvalue weighted by Gasteiger charge is 2.40. The van der Waals surface area contributed by atoms with Crippen LogP contribution in [0.15, 0.2) is 24.3 Å². The molecule has 0 radical (unpaired) electrons. The lowest BCUT2D eigenvalue weighted by Crippen LogP contribution is -2.59. The monoisotopic (exact) mass is 598 g/mol. The van der Waals surface area contributed by atoms with Gasteiger partial charge >= 0.3 is 0 Å². The van der Waals surface area contributed by atoms with Crippen LogP contribution in [-0.4, -0.2) is 121 Å². The fourth-order valence-electron chi connectivity index (χ4n) is 7.44. The van der Waals surface area contributed by atoms with E-state index in [1.54, 1.807) is 11.9 Å². The van der Waals surface area contributed by atoms with Gasteiger partial charge in [0.15, 0.2) is 0 Å². The van der Waals surface area contributed by atoms with Crippen molar-refractivity contribution in [3.63, 3.8) is 0 Å². The number of halogens is 1. The number of nitrogens with zero attached hydrogens (tertiary/aromatic N) is 4. The number of likely N-dealkylation sites (tertiary alicyclic amines) is 3. The van der Waals surface area contributed by atoms with Crippen molar-refractivity contribution in [1.29, 1.82) is 0 Å². The maximum atomic E-state index is 13.3. The van der Waals surface area contributed by atoms with Crippen LogP contribution in [0.1, 0.15) is 61.7 Å². The molecule has 4 aliphatic rings. The lowest BCUT2D eigenvalue weighted by Gasteiger charge is -2.45. The molecule has 0 aliphatic carbocycles. The zero-order valence-electron chi connectivity index (χ0n) is 25.7. The Labute approximate surface area is 254 Å². The highest BCUT2D eigenvalue weighted by atomic mass is 19.1. The predicted molar refractivity (Wildman–Crippen MR) is 161 cm³/mol. The van der Waals surface area contributed by atoms with Gasteiger partial charge in [0.2, 0.25) is 17.7 Å². The number of hydrogen-bond acceptors (Lipinski definition) is 6. The summed E-state index contributed by atoms with van der Waals surface area (Å²) in [6.07, 6.45) is 5.44. The fraction of sp³-hybridized carbons (Fsp3) is 0.688. The van der Waals surface area contributed by atoms with Crippen LogP contribution in [0.2, 0.25) is 0 Å². The van der Waals surface area contributed by atoms with Gasteiger partial charge in [-0.25, -0.2) is 4.39 Å². The summed E-state index contributed by atoms with van der Waals surface area (Å²) in [5.74, 6) is -0.500. The van der Waals surface area contributed by atoms with Crippen molar-refractivity contribution in [2.24, 2.45) is 11.8 Å². The fourth-order valence-corrected chi connectivity index (χ4v) is 7.44. The number of amides is 4. The first-order valence-electron chi connectivity index (χ1n) is 15.9. The van der Waals surface area contributed by atoms with Gasteiger partial charge in [0.05, 0.1) is 12.1 Å². The van der Waals surface area contributed by atoms with Crippen molar-refractivity contribution >= 4 is 23.6 Å². The van der Waals surface area contributed by atoms with Crippen LogP contribution >= 0.6 is 0 Å². The van der Waals surface area contributed by atoms with Crippen LogP contribution in [0.25, 0.3) is 0 Å². The summed E-state index contributed by atoms with van der Waals surface area (Å²) in [6.45, 7) is 5.32. The smallest absolute Gasteiger partial charge is 0.253 e. The lowest BCUT2D eigenvalue weighted by molar-refractivity contribution is -0.137. The maximum Gasteiger partial charge on any atom is 0.253 e. The highest BCUT2D eigenvalue weighted by Crippen LogP contribution is 2.33. The number of fused-ring (bicyclic) bond motifs is 1. The summed E-state index contributed by atoms with van der Waals surface area (Å²) in [5.41, 5.74) is -0.409. The van der Waals surface area contributed by atoms with Crippen molar-refractivity contribution < 1.29 is 23.6 Å². The Kier molecular flexibility index (Phi) is 10.0. The number of nitrogens with one attached hydrogen (secondary N) is 2. The Morgan fingerprint density at radius 3 is 2.28 bits per heavy atom. The van der Waals surface area contributed by atoms with Crippen LogP contribution in [0, 0.1) is 17.7 Å². The molecule has 4 amide bonds. The van der Waals surface area contributed by atoms with Gasteiger partial charge in [0.1, 0.15) is 5.82 Å². The largest absolute Gasteiger partial charge is 0.356 e. The van der Waals surface area contributed by atoms with Gasteiger partial charge in [-0.3, -0.25) is 24.1 Å². The second kappa shape index (κ2) is 13.7. The molecule has 4 saturated heterocycles. The molecule has 236 valence electrons. The van der Waals surface area contributed by atoms with Crippen LogP contribution in [0.4, 0.5) is 4.39 Å². The standard InChI is InChI=1S/C32H47FN6O4/c1-36-14-9-27(10-15-36)39-16-8-24-19-30(42)37(2)22-29(41)35-32(20-28(40)34-13-7-25(24)21-39)11-17-38(18-12-32)31(43)23-3-5-26(33)6-4-23/h3-6,24-25,27H,7-22H2,1-2H3,(H,34,40)(H,35,41)/t24-,25-/m0/s1. The maximum absolute atomic E-state index is 13.3. The minimum atomic E-state index is -0.812. The van der Waals surface area contributed by atoms with E-state index in [-0.39, 0.29) is 42.5 Å². The van der Waals surface area contributed by atoms with E-state index in [2.05, 4.69) is 27.5 Å². The van der Waals surface area contributed by atoms with Crippen molar-refractivity contribution in [1.82, 2.24) is 30.2 Å². The van der Waals surface area contributed by atoms with E-state index in [9.17, 15) is 23.6 Å². The number of piperidine rings is 3.